The van der Waals surface area contributed by atoms with Gasteiger partial charge < -0.3 is 5.32 Å². The first-order valence-corrected chi connectivity index (χ1v) is 10.1. The Bertz CT molecular complexity index is 843. The zero-order chi connectivity index (χ0) is 18.4. The van der Waals surface area contributed by atoms with Crippen LogP contribution in [0.4, 0.5) is 14.5 Å². The van der Waals surface area contributed by atoms with Gasteiger partial charge in [0.1, 0.15) is 0 Å². The molecule has 0 spiro atoms. The number of amides is 1. The number of benzene rings is 2. The molecule has 4 nitrogen and oxygen atoms in total. The summed E-state index contributed by atoms with van der Waals surface area (Å²) in [7, 11) is -4.79. The lowest BCUT2D eigenvalue weighted by Crippen LogP contribution is -2.19. The molecule has 0 fully saturated rings. The van der Waals surface area contributed by atoms with Gasteiger partial charge in [0.05, 0.1) is 16.3 Å². The molecule has 0 aromatic heterocycles. The Morgan fingerprint density at radius 1 is 1.12 bits per heavy atom. The summed E-state index contributed by atoms with van der Waals surface area (Å²) in [6.45, 7) is 0. The molecule has 0 saturated heterocycles. The fourth-order valence-corrected chi connectivity index (χ4v) is 3.74. The molecule has 0 bridgehead atoms. The fourth-order valence-electron chi connectivity index (χ4n) is 1.94. The molecule has 0 saturated carbocycles. The molecule has 134 valence electrons. The lowest BCUT2D eigenvalue weighted by molar-refractivity contribution is -0.113. The largest absolute Gasteiger partial charge is 0.341 e. The number of para-hydroxylation sites is 1. The lowest BCUT2D eigenvalue weighted by Gasteiger charge is -2.11. The Kier molecular flexibility index (Phi) is 6.80. The SMILES string of the molecule is O=C(CSCc1ccc(Cl)cc1)Nc1ccccc1S(=O)(=O)C(F)F. The van der Waals surface area contributed by atoms with Gasteiger partial charge in [-0.25, -0.2) is 8.42 Å². The number of carbonyl (C=O) groups excluding carboxylic acids is 1. The van der Waals surface area contributed by atoms with Gasteiger partial charge in [-0.3, -0.25) is 4.79 Å². The van der Waals surface area contributed by atoms with Gasteiger partial charge in [-0.2, -0.15) is 8.78 Å². The third kappa shape index (κ3) is 5.42. The summed E-state index contributed by atoms with van der Waals surface area (Å²) < 4.78 is 48.7. The van der Waals surface area contributed by atoms with E-state index < -0.39 is 26.4 Å². The summed E-state index contributed by atoms with van der Waals surface area (Å²) in [5.41, 5.74) is 0.822. The summed E-state index contributed by atoms with van der Waals surface area (Å²) >= 11 is 7.09. The van der Waals surface area contributed by atoms with E-state index in [4.69, 9.17) is 11.6 Å². The average Bonchev–Trinajstić information content (AvgIpc) is 2.57. The van der Waals surface area contributed by atoms with Crippen LogP contribution < -0.4 is 5.32 Å². The number of carbonyl (C=O) groups is 1. The van der Waals surface area contributed by atoms with Crippen LogP contribution in [0.3, 0.4) is 0 Å². The number of thioether (sulfide) groups is 1. The molecule has 2 aromatic carbocycles. The molecule has 0 unspecified atom stereocenters. The van der Waals surface area contributed by atoms with E-state index in [1.165, 1.54) is 30.0 Å². The van der Waals surface area contributed by atoms with Gasteiger partial charge in [-0.15, -0.1) is 11.8 Å². The van der Waals surface area contributed by atoms with E-state index in [1.807, 2.05) is 12.1 Å². The first kappa shape index (κ1) is 19.7. The van der Waals surface area contributed by atoms with Crippen LogP contribution in [0.1, 0.15) is 5.56 Å². The molecule has 0 aliphatic carbocycles. The zero-order valence-corrected chi connectivity index (χ0v) is 15.2. The van der Waals surface area contributed by atoms with Crippen molar-refractivity contribution in [3.8, 4) is 0 Å². The normalized spacial score (nSPS) is 11.5. The van der Waals surface area contributed by atoms with Crippen molar-refractivity contribution in [1.29, 1.82) is 0 Å². The molecule has 1 amide bonds. The molecule has 0 atom stereocenters. The molecule has 9 heteroatoms. The molecule has 0 radical (unpaired) electrons. The predicted octanol–water partition coefficient (Wildman–Crippen LogP) is 4.21. The summed E-state index contributed by atoms with van der Waals surface area (Å²) in [5.74, 6) is -3.42. The minimum atomic E-state index is -4.79. The highest BCUT2D eigenvalue weighted by molar-refractivity contribution is 7.99. The molecule has 25 heavy (non-hydrogen) atoms. The van der Waals surface area contributed by atoms with Gasteiger partial charge in [0.2, 0.25) is 15.7 Å². The van der Waals surface area contributed by atoms with Crippen LogP contribution in [-0.2, 0) is 20.4 Å². The molecule has 1 N–H and O–H groups in total. The maximum Gasteiger partial charge on any atom is 0.341 e. The van der Waals surface area contributed by atoms with Crippen molar-refractivity contribution in [2.75, 3.05) is 11.1 Å². The van der Waals surface area contributed by atoms with Gasteiger partial charge in [-0.1, -0.05) is 35.9 Å². The number of halogens is 3. The van der Waals surface area contributed by atoms with Gasteiger partial charge in [0.15, 0.2) is 0 Å². The van der Waals surface area contributed by atoms with Crippen LogP contribution in [0, 0.1) is 0 Å². The zero-order valence-electron chi connectivity index (χ0n) is 12.8. The van der Waals surface area contributed by atoms with Gasteiger partial charge >= 0.3 is 5.76 Å². The third-order valence-electron chi connectivity index (χ3n) is 3.12. The summed E-state index contributed by atoms with van der Waals surface area (Å²) in [4.78, 5) is 11.4. The van der Waals surface area contributed by atoms with E-state index >= 15 is 0 Å². The Morgan fingerprint density at radius 3 is 2.40 bits per heavy atom. The molecule has 0 aliphatic heterocycles. The highest BCUT2D eigenvalue weighted by Gasteiger charge is 2.29. The summed E-state index contributed by atoms with van der Waals surface area (Å²) in [5, 5.41) is 2.99. The minimum absolute atomic E-state index is 0.0473. The van der Waals surface area contributed by atoms with Crippen LogP contribution >= 0.6 is 23.4 Å². The van der Waals surface area contributed by atoms with Crippen LogP contribution in [-0.4, -0.2) is 25.8 Å². The quantitative estimate of drug-likeness (QED) is 0.749. The summed E-state index contributed by atoms with van der Waals surface area (Å²) in [6.07, 6.45) is 0. The fraction of sp³-hybridized carbons (Fsp3) is 0.188. The topological polar surface area (TPSA) is 63.2 Å². The van der Waals surface area contributed by atoms with Crippen molar-refractivity contribution in [2.45, 2.75) is 16.4 Å². The van der Waals surface area contributed by atoms with Crippen LogP contribution in [0.5, 0.6) is 0 Å². The smallest absolute Gasteiger partial charge is 0.324 e. The highest BCUT2D eigenvalue weighted by atomic mass is 35.5. The Morgan fingerprint density at radius 2 is 1.76 bits per heavy atom. The average molecular weight is 406 g/mol. The monoisotopic (exact) mass is 405 g/mol. The maximum atomic E-state index is 12.7. The van der Waals surface area contributed by atoms with E-state index in [-0.39, 0.29) is 11.4 Å². The molecular formula is C16H14ClF2NO3S2. The number of anilines is 1. The molecule has 2 rings (SSSR count). The van der Waals surface area contributed by atoms with E-state index in [2.05, 4.69) is 5.32 Å². The van der Waals surface area contributed by atoms with Crippen molar-refractivity contribution < 1.29 is 22.0 Å². The number of hydrogen-bond acceptors (Lipinski definition) is 4. The van der Waals surface area contributed by atoms with Crippen molar-refractivity contribution >= 4 is 44.8 Å². The number of rotatable bonds is 7. The van der Waals surface area contributed by atoms with Crippen molar-refractivity contribution in [3.63, 3.8) is 0 Å². The van der Waals surface area contributed by atoms with Crippen LogP contribution in [0.15, 0.2) is 53.4 Å². The maximum absolute atomic E-state index is 12.7. The van der Waals surface area contributed by atoms with E-state index in [0.29, 0.717) is 10.8 Å². The van der Waals surface area contributed by atoms with Crippen LogP contribution in [0.25, 0.3) is 0 Å². The van der Waals surface area contributed by atoms with Crippen molar-refractivity contribution in [2.24, 2.45) is 0 Å². The number of hydrogen-bond donors (Lipinski definition) is 1. The van der Waals surface area contributed by atoms with E-state index in [0.717, 1.165) is 11.6 Å². The molecule has 2 aromatic rings. The van der Waals surface area contributed by atoms with Crippen molar-refractivity contribution in [1.82, 2.24) is 0 Å². The second kappa shape index (κ2) is 8.64. The molecular weight excluding hydrogens is 392 g/mol. The van der Waals surface area contributed by atoms with E-state index in [1.54, 1.807) is 12.1 Å². The Balaban J connectivity index is 1.98. The lowest BCUT2D eigenvalue weighted by atomic mass is 10.2. The van der Waals surface area contributed by atoms with Crippen LogP contribution in [0.2, 0.25) is 5.02 Å². The minimum Gasteiger partial charge on any atom is -0.324 e. The van der Waals surface area contributed by atoms with Gasteiger partial charge in [0.25, 0.3) is 0 Å². The van der Waals surface area contributed by atoms with Gasteiger partial charge in [-0.05, 0) is 29.8 Å². The Labute approximate surface area is 153 Å². The second-order valence-electron chi connectivity index (χ2n) is 4.97. The second-order valence-corrected chi connectivity index (χ2v) is 8.28. The van der Waals surface area contributed by atoms with Crippen molar-refractivity contribution in [3.05, 3.63) is 59.1 Å². The highest BCUT2D eigenvalue weighted by Crippen LogP contribution is 2.26. The molecule has 0 heterocycles. The number of alkyl halides is 2. The number of sulfone groups is 1. The van der Waals surface area contributed by atoms with E-state index in [9.17, 15) is 22.0 Å². The first-order valence-electron chi connectivity index (χ1n) is 7.04. The standard InChI is InChI=1S/C16H14ClF2NO3S2/c17-12-7-5-11(6-8-12)9-24-10-15(21)20-13-3-1-2-4-14(13)25(22,23)16(18)19/h1-8,16H,9-10H2,(H,20,21). The number of nitrogens with one attached hydrogen (secondary N) is 1. The summed E-state index contributed by atoms with van der Waals surface area (Å²) in [6, 6.07) is 12.2. The molecule has 0 aliphatic rings. The van der Waals surface area contributed by atoms with Gasteiger partial charge in [0, 0.05) is 10.8 Å². The predicted molar refractivity (Wildman–Crippen MR) is 95.9 cm³/mol. The Hall–Kier alpha value is -1.64. The third-order valence-corrected chi connectivity index (χ3v) is 5.81. The first-order chi connectivity index (χ1) is 11.8.